The summed E-state index contributed by atoms with van der Waals surface area (Å²) in [5.74, 6) is 1.87. The zero-order valence-corrected chi connectivity index (χ0v) is 19.5. The van der Waals surface area contributed by atoms with Crippen LogP contribution >= 0.6 is 0 Å². The molecule has 0 atom stereocenters. The molecular formula is C26H25N4O4+. The Hall–Kier alpha value is -4.20. The van der Waals surface area contributed by atoms with E-state index in [2.05, 4.69) is 15.4 Å². The molecule has 2 N–H and O–H groups in total. The van der Waals surface area contributed by atoms with Gasteiger partial charge in [-0.1, -0.05) is 6.07 Å². The van der Waals surface area contributed by atoms with Gasteiger partial charge in [-0.05, 0) is 57.4 Å². The van der Waals surface area contributed by atoms with Gasteiger partial charge in [0.2, 0.25) is 0 Å². The molecule has 0 fully saturated rings. The molecule has 5 rings (SSSR count). The normalized spacial score (nSPS) is 11.4. The van der Waals surface area contributed by atoms with Crippen molar-refractivity contribution in [1.82, 2.24) is 10.1 Å². The maximum atomic E-state index is 12.8. The molecule has 0 saturated heterocycles. The predicted molar refractivity (Wildman–Crippen MR) is 128 cm³/mol. The average Bonchev–Trinajstić information content (AvgIpc) is 3.31. The zero-order chi connectivity index (χ0) is 24.0. The average molecular weight is 458 g/mol. The molecule has 34 heavy (non-hydrogen) atoms. The van der Waals surface area contributed by atoms with Crippen molar-refractivity contribution in [3.05, 3.63) is 81.2 Å². The van der Waals surface area contributed by atoms with Crippen molar-refractivity contribution >= 4 is 33.7 Å². The van der Waals surface area contributed by atoms with E-state index in [0.29, 0.717) is 28.4 Å². The van der Waals surface area contributed by atoms with Crippen LogP contribution in [0.5, 0.6) is 0 Å². The molecule has 1 amide bonds. The van der Waals surface area contributed by atoms with Gasteiger partial charge in [0.1, 0.15) is 23.1 Å². The molecule has 0 bridgehead atoms. The second-order valence-electron chi connectivity index (χ2n) is 8.52. The number of H-pyrrole nitrogens is 1. The molecule has 172 valence electrons. The largest absolute Gasteiger partial charge is 0.461 e. The van der Waals surface area contributed by atoms with Crippen LogP contribution in [0.15, 0.2) is 56.2 Å². The van der Waals surface area contributed by atoms with Gasteiger partial charge in [-0.25, -0.2) is 15.2 Å². The molecule has 5 aromatic rings. The highest BCUT2D eigenvalue weighted by molar-refractivity contribution is 5.97. The van der Waals surface area contributed by atoms with E-state index in [9.17, 15) is 9.59 Å². The number of aromatic amines is 1. The molecular weight excluding hydrogens is 432 g/mol. The number of aromatic nitrogens is 3. The predicted octanol–water partition coefficient (Wildman–Crippen LogP) is 4.34. The number of pyridine rings is 1. The molecule has 0 spiro atoms. The van der Waals surface area contributed by atoms with Crippen LogP contribution in [0.25, 0.3) is 27.8 Å². The number of anilines is 1. The Morgan fingerprint density at radius 1 is 1.03 bits per heavy atom. The van der Waals surface area contributed by atoms with Gasteiger partial charge in [0.25, 0.3) is 17.5 Å². The van der Waals surface area contributed by atoms with Crippen LogP contribution in [0.4, 0.5) is 5.82 Å². The van der Waals surface area contributed by atoms with E-state index in [0.717, 1.165) is 33.4 Å². The summed E-state index contributed by atoms with van der Waals surface area (Å²) >= 11 is 0. The Balaban J connectivity index is 1.40. The highest BCUT2D eigenvalue weighted by atomic mass is 16.4. The van der Waals surface area contributed by atoms with Crippen molar-refractivity contribution in [2.45, 2.75) is 40.5 Å². The summed E-state index contributed by atoms with van der Waals surface area (Å²) in [6.07, 6.45) is 2.09. The number of amides is 1. The lowest BCUT2D eigenvalue weighted by Crippen LogP contribution is -2.38. The number of rotatable bonds is 5. The highest BCUT2D eigenvalue weighted by Gasteiger charge is 2.20. The number of aryl methyl sites for hydroxylation is 4. The molecule has 0 radical (unpaired) electrons. The van der Waals surface area contributed by atoms with Crippen molar-refractivity contribution in [3.63, 3.8) is 0 Å². The number of nitrogens with zero attached hydrogens (tertiary/aromatic N) is 2. The third-order valence-corrected chi connectivity index (χ3v) is 6.21. The monoisotopic (exact) mass is 457 g/mol. The Morgan fingerprint density at radius 2 is 1.79 bits per heavy atom. The summed E-state index contributed by atoms with van der Waals surface area (Å²) in [6, 6.07) is 11.1. The number of benzene rings is 1. The molecule has 8 nitrogen and oxygen atoms in total. The standard InChI is InChI=1S/C26H24N4O4/c1-14-11-24(30(29-14)23-7-5-6-10-27-23)28-25(31)9-8-18-16(3)20-12-19-15(2)17(4)33-21(19)13-22(20)34-26(18)32/h5-7,10-13H,8-9H2,1-4H3,(H,28,29,31)/p+1. The maximum Gasteiger partial charge on any atom is 0.339 e. The van der Waals surface area contributed by atoms with Crippen molar-refractivity contribution in [2.75, 3.05) is 5.32 Å². The summed E-state index contributed by atoms with van der Waals surface area (Å²) in [6.45, 7) is 7.72. The maximum absolute atomic E-state index is 12.8. The molecule has 1 aromatic carbocycles. The Bertz CT molecular complexity index is 1610. The van der Waals surface area contributed by atoms with Gasteiger partial charge in [0, 0.05) is 46.6 Å². The Kier molecular flexibility index (Phi) is 5.28. The van der Waals surface area contributed by atoms with Crippen LogP contribution in [0.1, 0.15) is 34.6 Å². The fraction of sp³-hybridized carbons (Fsp3) is 0.231. The smallest absolute Gasteiger partial charge is 0.339 e. The van der Waals surface area contributed by atoms with Crippen LogP contribution in [-0.2, 0) is 11.2 Å². The van der Waals surface area contributed by atoms with Crippen LogP contribution in [0.3, 0.4) is 0 Å². The summed E-state index contributed by atoms with van der Waals surface area (Å²) in [4.78, 5) is 29.8. The summed E-state index contributed by atoms with van der Waals surface area (Å²) in [5.41, 5.74) is 4.01. The number of furan rings is 1. The molecule has 8 heteroatoms. The Morgan fingerprint density at radius 3 is 2.56 bits per heavy atom. The second-order valence-corrected chi connectivity index (χ2v) is 8.52. The van der Waals surface area contributed by atoms with Crippen molar-refractivity contribution in [1.29, 1.82) is 0 Å². The minimum Gasteiger partial charge on any atom is -0.461 e. The highest BCUT2D eigenvalue weighted by Crippen LogP contribution is 2.31. The first-order valence-electron chi connectivity index (χ1n) is 11.1. The van der Waals surface area contributed by atoms with E-state index in [1.807, 2.05) is 58.0 Å². The van der Waals surface area contributed by atoms with Crippen LogP contribution in [-0.4, -0.2) is 16.0 Å². The Labute approximate surface area is 195 Å². The van der Waals surface area contributed by atoms with Gasteiger partial charge in [0.05, 0.1) is 0 Å². The third-order valence-electron chi connectivity index (χ3n) is 6.21. The number of nitrogens with one attached hydrogen (secondary N) is 2. The zero-order valence-electron chi connectivity index (χ0n) is 19.5. The van der Waals surface area contributed by atoms with Gasteiger partial charge in [-0.15, -0.1) is 9.67 Å². The van der Waals surface area contributed by atoms with Crippen molar-refractivity contribution in [3.8, 4) is 5.82 Å². The summed E-state index contributed by atoms with van der Waals surface area (Å²) in [5, 5.41) is 7.93. The van der Waals surface area contributed by atoms with E-state index in [1.165, 1.54) is 0 Å². The fourth-order valence-electron chi connectivity index (χ4n) is 4.26. The number of carbonyl (C=O) groups is 1. The molecule has 4 heterocycles. The SMILES string of the molecule is Cc1cc(NC(=O)CCc2c(C)c3cc4c(C)c(C)oc4cc3oc2=O)[n+](-c2ccccn2)[nH]1. The second kappa shape index (κ2) is 8.30. The first-order valence-corrected chi connectivity index (χ1v) is 11.1. The van der Waals surface area contributed by atoms with Gasteiger partial charge in [-0.2, -0.15) is 0 Å². The summed E-state index contributed by atoms with van der Waals surface area (Å²) < 4.78 is 13.1. The molecule has 0 saturated carbocycles. The van der Waals surface area contributed by atoms with Gasteiger partial charge in [0.15, 0.2) is 0 Å². The van der Waals surface area contributed by atoms with Gasteiger partial charge in [-0.3, -0.25) is 4.79 Å². The summed E-state index contributed by atoms with van der Waals surface area (Å²) in [7, 11) is 0. The molecule has 0 aliphatic carbocycles. The number of fused-ring (bicyclic) bond motifs is 2. The molecule has 0 aliphatic rings. The van der Waals surface area contributed by atoms with Gasteiger partial charge >= 0.3 is 5.63 Å². The number of hydrogen-bond donors (Lipinski definition) is 2. The number of hydrogen-bond acceptors (Lipinski definition) is 5. The first-order chi connectivity index (χ1) is 16.3. The minimum atomic E-state index is -0.432. The van der Waals surface area contributed by atoms with E-state index in [4.69, 9.17) is 8.83 Å². The van der Waals surface area contributed by atoms with Crippen LogP contribution < -0.4 is 15.6 Å². The van der Waals surface area contributed by atoms with Crippen molar-refractivity contribution < 1.29 is 18.3 Å². The van der Waals surface area contributed by atoms with Crippen LogP contribution in [0, 0.1) is 27.7 Å². The quantitative estimate of drug-likeness (QED) is 0.302. The first kappa shape index (κ1) is 21.6. The minimum absolute atomic E-state index is 0.135. The third kappa shape index (κ3) is 3.77. The molecule has 4 aromatic heterocycles. The molecule has 0 aliphatic heterocycles. The number of carbonyl (C=O) groups excluding carboxylic acids is 1. The molecule has 0 unspecified atom stereocenters. The van der Waals surface area contributed by atoms with E-state index < -0.39 is 5.63 Å². The van der Waals surface area contributed by atoms with E-state index in [-0.39, 0.29) is 18.7 Å². The lowest BCUT2D eigenvalue weighted by Gasteiger charge is -2.08. The van der Waals surface area contributed by atoms with E-state index in [1.54, 1.807) is 16.9 Å². The van der Waals surface area contributed by atoms with Gasteiger partial charge < -0.3 is 8.83 Å². The van der Waals surface area contributed by atoms with Crippen LogP contribution in [0.2, 0.25) is 0 Å². The lowest BCUT2D eigenvalue weighted by atomic mass is 10.0. The fourth-order valence-corrected chi connectivity index (χ4v) is 4.26. The van der Waals surface area contributed by atoms with Crippen molar-refractivity contribution in [2.24, 2.45) is 0 Å². The topological polar surface area (TPSA) is 105 Å². The van der Waals surface area contributed by atoms with E-state index >= 15 is 0 Å². The lowest BCUT2D eigenvalue weighted by molar-refractivity contribution is -0.645.